The van der Waals surface area contributed by atoms with E-state index in [-0.39, 0.29) is 16.3 Å². The van der Waals surface area contributed by atoms with E-state index in [1.54, 1.807) is 0 Å². The maximum absolute atomic E-state index is 13.2. The Balaban J connectivity index is 1.82. The molecule has 2 N–H and O–H groups in total. The first-order chi connectivity index (χ1) is 12.8. The van der Waals surface area contributed by atoms with E-state index in [9.17, 15) is 18.0 Å². The number of hydrogen-bond acceptors (Lipinski definition) is 3. The lowest BCUT2D eigenvalue weighted by Gasteiger charge is -2.14. The molecule has 1 amide bonds. The molecule has 3 aromatic rings. The highest BCUT2D eigenvalue weighted by Gasteiger charge is 2.34. The van der Waals surface area contributed by atoms with Crippen LogP contribution in [0, 0.1) is 0 Å². The normalized spacial score (nSPS) is 11.1. The predicted octanol–water partition coefficient (Wildman–Crippen LogP) is 5.75. The van der Waals surface area contributed by atoms with Crippen LogP contribution in [0.25, 0.3) is 0 Å². The number of benzene rings is 2. The minimum Gasteiger partial charge on any atom is -0.354 e. The summed E-state index contributed by atoms with van der Waals surface area (Å²) in [6.45, 7) is 0. The lowest BCUT2D eigenvalue weighted by atomic mass is 10.1. The van der Waals surface area contributed by atoms with E-state index in [0.29, 0.717) is 5.69 Å². The Bertz CT molecular complexity index is 962. The van der Waals surface area contributed by atoms with Crippen molar-refractivity contribution in [1.82, 2.24) is 4.98 Å². The van der Waals surface area contributed by atoms with E-state index in [0.717, 1.165) is 17.8 Å². The molecule has 0 spiro atoms. The van der Waals surface area contributed by atoms with Gasteiger partial charge in [-0.15, -0.1) is 0 Å². The molecular formula is C19H13ClF3N3O. The molecule has 0 radical (unpaired) electrons. The monoisotopic (exact) mass is 391 g/mol. The van der Waals surface area contributed by atoms with Crippen LogP contribution in [-0.2, 0) is 6.18 Å². The van der Waals surface area contributed by atoms with Crippen LogP contribution >= 0.6 is 11.6 Å². The summed E-state index contributed by atoms with van der Waals surface area (Å²) in [5.41, 5.74) is 0.0297. The highest BCUT2D eigenvalue weighted by atomic mass is 35.5. The third kappa shape index (κ3) is 4.77. The molecule has 0 unspecified atom stereocenters. The van der Waals surface area contributed by atoms with Crippen molar-refractivity contribution in [1.29, 1.82) is 0 Å². The molecule has 0 bridgehead atoms. The Morgan fingerprint density at radius 2 is 1.70 bits per heavy atom. The first-order valence-corrected chi connectivity index (χ1v) is 8.16. The van der Waals surface area contributed by atoms with Gasteiger partial charge in [0.15, 0.2) is 0 Å². The summed E-state index contributed by atoms with van der Waals surface area (Å²) in [5, 5.41) is 5.26. The fraction of sp³-hybridized carbons (Fsp3) is 0.0526. The van der Waals surface area contributed by atoms with Gasteiger partial charge in [-0.05, 0) is 36.4 Å². The fourth-order valence-corrected chi connectivity index (χ4v) is 2.55. The van der Waals surface area contributed by atoms with Crippen molar-refractivity contribution in [2.24, 2.45) is 0 Å². The number of pyridine rings is 1. The summed E-state index contributed by atoms with van der Waals surface area (Å²) >= 11 is 5.64. The van der Waals surface area contributed by atoms with Crippen LogP contribution in [0.2, 0.25) is 5.02 Å². The summed E-state index contributed by atoms with van der Waals surface area (Å²) in [6.07, 6.45) is -1.87. The standard InChI is InChI=1S/C19H13ClF3N3O/c20-13-6-7-17(16(9-13)19(21,22)23)26-18(27)12-8-15(11-24-10-12)25-14-4-2-1-3-5-14/h1-11,25H,(H,26,27). The second kappa shape index (κ2) is 7.67. The van der Waals surface area contributed by atoms with Crippen molar-refractivity contribution in [2.75, 3.05) is 10.6 Å². The van der Waals surface area contributed by atoms with Gasteiger partial charge in [0.2, 0.25) is 0 Å². The molecule has 0 aliphatic carbocycles. The van der Waals surface area contributed by atoms with E-state index in [1.807, 2.05) is 30.3 Å². The lowest BCUT2D eigenvalue weighted by Crippen LogP contribution is -2.17. The van der Waals surface area contributed by atoms with Gasteiger partial charge in [-0.25, -0.2) is 0 Å². The number of nitrogens with one attached hydrogen (secondary N) is 2. The molecule has 0 fully saturated rings. The van der Waals surface area contributed by atoms with Crippen molar-refractivity contribution in [3.63, 3.8) is 0 Å². The van der Waals surface area contributed by atoms with E-state index in [4.69, 9.17) is 11.6 Å². The molecule has 1 aromatic heterocycles. The minimum absolute atomic E-state index is 0.0731. The molecule has 2 aromatic carbocycles. The average molecular weight is 392 g/mol. The molecule has 0 aliphatic heterocycles. The first-order valence-electron chi connectivity index (χ1n) is 7.78. The van der Waals surface area contributed by atoms with Crippen molar-refractivity contribution >= 4 is 34.6 Å². The van der Waals surface area contributed by atoms with Crippen molar-refractivity contribution in [3.8, 4) is 0 Å². The zero-order chi connectivity index (χ0) is 19.4. The van der Waals surface area contributed by atoms with Gasteiger partial charge in [0.1, 0.15) is 0 Å². The molecule has 0 saturated heterocycles. The molecule has 1 heterocycles. The maximum Gasteiger partial charge on any atom is 0.418 e. The number of carbonyl (C=O) groups is 1. The van der Waals surface area contributed by atoms with Gasteiger partial charge in [0, 0.05) is 16.9 Å². The van der Waals surface area contributed by atoms with Gasteiger partial charge in [-0.1, -0.05) is 29.8 Å². The molecule has 3 rings (SSSR count). The van der Waals surface area contributed by atoms with Crippen molar-refractivity contribution < 1.29 is 18.0 Å². The summed E-state index contributed by atoms with van der Waals surface area (Å²) in [6, 6.07) is 13.8. The smallest absolute Gasteiger partial charge is 0.354 e. The molecular weight excluding hydrogens is 379 g/mol. The van der Waals surface area contributed by atoms with E-state index in [1.165, 1.54) is 24.5 Å². The largest absolute Gasteiger partial charge is 0.418 e. The molecule has 27 heavy (non-hydrogen) atoms. The number of nitrogens with zero attached hydrogens (tertiary/aromatic N) is 1. The number of aromatic nitrogens is 1. The third-order valence-corrected chi connectivity index (χ3v) is 3.83. The molecule has 138 valence electrons. The molecule has 0 saturated carbocycles. The highest BCUT2D eigenvalue weighted by Crippen LogP contribution is 2.36. The third-order valence-electron chi connectivity index (χ3n) is 3.60. The van der Waals surface area contributed by atoms with E-state index in [2.05, 4.69) is 15.6 Å². The van der Waals surface area contributed by atoms with E-state index < -0.39 is 17.6 Å². The number of carbonyl (C=O) groups excluding carboxylic acids is 1. The Kier molecular flexibility index (Phi) is 5.32. The molecule has 0 aliphatic rings. The summed E-state index contributed by atoms with van der Waals surface area (Å²) < 4.78 is 39.5. The Morgan fingerprint density at radius 1 is 0.963 bits per heavy atom. The maximum atomic E-state index is 13.2. The Labute approximate surface area is 158 Å². The van der Waals surface area contributed by atoms with Gasteiger partial charge in [-0.3, -0.25) is 9.78 Å². The van der Waals surface area contributed by atoms with Crippen LogP contribution in [0.5, 0.6) is 0 Å². The molecule has 0 atom stereocenters. The number of amides is 1. The average Bonchev–Trinajstić information content (AvgIpc) is 2.63. The van der Waals surface area contributed by atoms with Crippen molar-refractivity contribution in [2.45, 2.75) is 6.18 Å². The Hall–Kier alpha value is -3.06. The van der Waals surface area contributed by atoms with Gasteiger partial charge in [0.25, 0.3) is 5.91 Å². The second-order valence-electron chi connectivity index (χ2n) is 5.60. The SMILES string of the molecule is O=C(Nc1ccc(Cl)cc1C(F)(F)F)c1cncc(Nc2ccccc2)c1. The number of halogens is 4. The van der Waals surface area contributed by atoms with Crippen LogP contribution in [0.1, 0.15) is 15.9 Å². The lowest BCUT2D eigenvalue weighted by molar-refractivity contribution is -0.136. The van der Waals surface area contributed by atoms with Crippen LogP contribution in [0.3, 0.4) is 0 Å². The topological polar surface area (TPSA) is 54.0 Å². The van der Waals surface area contributed by atoms with Crippen LogP contribution < -0.4 is 10.6 Å². The zero-order valence-corrected chi connectivity index (χ0v) is 14.5. The summed E-state index contributed by atoms with van der Waals surface area (Å²) in [5.74, 6) is -0.716. The van der Waals surface area contributed by atoms with Gasteiger partial charge >= 0.3 is 6.18 Å². The van der Waals surface area contributed by atoms with Crippen LogP contribution in [-0.4, -0.2) is 10.9 Å². The number of para-hydroxylation sites is 1. The Morgan fingerprint density at radius 3 is 2.41 bits per heavy atom. The zero-order valence-electron chi connectivity index (χ0n) is 13.7. The van der Waals surface area contributed by atoms with Gasteiger partial charge in [0.05, 0.1) is 28.7 Å². The molecule has 4 nitrogen and oxygen atoms in total. The second-order valence-corrected chi connectivity index (χ2v) is 6.03. The number of anilines is 3. The highest BCUT2D eigenvalue weighted by molar-refractivity contribution is 6.30. The number of rotatable bonds is 4. The number of alkyl halides is 3. The quantitative estimate of drug-likeness (QED) is 0.595. The van der Waals surface area contributed by atoms with Crippen LogP contribution in [0.15, 0.2) is 67.0 Å². The fourth-order valence-electron chi connectivity index (χ4n) is 2.38. The van der Waals surface area contributed by atoms with Gasteiger partial charge < -0.3 is 10.6 Å². The van der Waals surface area contributed by atoms with Crippen molar-refractivity contribution in [3.05, 3.63) is 83.1 Å². The minimum atomic E-state index is -4.65. The first kappa shape index (κ1) is 18.7. The van der Waals surface area contributed by atoms with E-state index >= 15 is 0 Å². The van der Waals surface area contributed by atoms with Gasteiger partial charge in [-0.2, -0.15) is 13.2 Å². The molecule has 8 heteroatoms. The summed E-state index contributed by atoms with van der Waals surface area (Å²) in [4.78, 5) is 16.4. The number of hydrogen-bond donors (Lipinski definition) is 2. The predicted molar refractivity (Wildman–Crippen MR) is 98.4 cm³/mol. The summed E-state index contributed by atoms with van der Waals surface area (Å²) in [7, 11) is 0. The van der Waals surface area contributed by atoms with Crippen LogP contribution in [0.4, 0.5) is 30.2 Å².